The van der Waals surface area contributed by atoms with E-state index in [9.17, 15) is 9.59 Å². The fourth-order valence-corrected chi connectivity index (χ4v) is 1.42. The number of amides is 2. The van der Waals surface area contributed by atoms with Gasteiger partial charge in [0.1, 0.15) is 0 Å². The maximum atomic E-state index is 11.5. The first-order valence-corrected chi connectivity index (χ1v) is 5.91. The lowest BCUT2D eigenvalue weighted by atomic mass is 10.1. The van der Waals surface area contributed by atoms with Gasteiger partial charge >= 0.3 is 12.0 Å². The molecule has 96 valence electrons. The number of carboxylic acid groups (broad SMARTS) is 1. The van der Waals surface area contributed by atoms with Crippen LogP contribution >= 0.6 is 15.9 Å². The van der Waals surface area contributed by atoms with Gasteiger partial charge in [0.25, 0.3) is 0 Å². The second-order valence-corrected chi connectivity index (χ2v) is 4.78. The molecule has 0 fully saturated rings. The normalized spacial score (nSPS) is 9.67. The molecule has 5 nitrogen and oxygen atoms in total. The topological polar surface area (TPSA) is 78.4 Å². The number of hydrogen-bond donors (Lipinski definition) is 3. The van der Waals surface area contributed by atoms with Crippen molar-refractivity contribution in [2.75, 3.05) is 11.9 Å². The van der Waals surface area contributed by atoms with E-state index in [0.717, 1.165) is 0 Å². The molecule has 0 aliphatic carbocycles. The molecule has 18 heavy (non-hydrogen) atoms. The van der Waals surface area contributed by atoms with Crippen molar-refractivity contribution in [3.05, 3.63) is 40.4 Å². The number of anilines is 1. The highest BCUT2D eigenvalue weighted by molar-refractivity contribution is 9.11. The summed E-state index contributed by atoms with van der Waals surface area (Å²) in [6, 6.07) is 4.12. The highest BCUT2D eigenvalue weighted by atomic mass is 79.9. The molecule has 0 bridgehead atoms. The zero-order valence-corrected chi connectivity index (χ0v) is 11.4. The van der Waals surface area contributed by atoms with Crippen LogP contribution in [0.25, 0.3) is 0 Å². The molecule has 3 N–H and O–H groups in total. The Labute approximate surface area is 113 Å². The van der Waals surface area contributed by atoms with E-state index in [1.807, 2.05) is 0 Å². The van der Waals surface area contributed by atoms with Gasteiger partial charge in [-0.1, -0.05) is 22.5 Å². The van der Waals surface area contributed by atoms with Crippen LogP contribution in [0.4, 0.5) is 10.5 Å². The molecule has 2 amide bonds. The fourth-order valence-electron chi connectivity index (χ4n) is 1.28. The molecule has 6 heteroatoms. The Kier molecular flexibility index (Phi) is 4.91. The largest absolute Gasteiger partial charge is 0.478 e. The second-order valence-electron chi connectivity index (χ2n) is 3.66. The average molecular weight is 313 g/mol. The van der Waals surface area contributed by atoms with E-state index in [-0.39, 0.29) is 11.6 Å². The summed E-state index contributed by atoms with van der Waals surface area (Å²) in [4.78, 5) is 22.2. The van der Waals surface area contributed by atoms with Gasteiger partial charge in [-0.3, -0.25) is 0 Å². The highest BCUT2D eigenvalue weighted by Gasteiger charge is 2.07. The lowest BCUT2D eigenvalue weighted by Gasteiger charge is -2.10. The van der Waals surface area contributed by atoms with Gasteiger partial charge in [0.2, 0.25) is 0 Å². The Balaban J connectivity index is 2.70. The number of carbonyl (C=O) groups excluding carboxylic acids is 1. The van der Waals surface area contributed by atoms with Crippen LogP contribution in [0, 0.1) is 6.92 Å². The molecule has 0 aliphatic rings. The molecule has 0 atom stereocenters. The Morgan fingerprint density at radius 3 is 2.61 bits per heavy atom. The van der Waals surface area contributed by atoms with Gasteiger partial charge in [0.15, 0.2) is 0 Å². The van der Waals surface area contributed by atoms with Crippen molar-refractivity contribution in [2.24, 2.45) is 0 Å². The molecule has 0 unspecified atom stereocenters. The van der Waals surface area contributed by atoms with Crippen LogP contribution in [0.3, 0.4) is 0 Å². The number of nitrogens with one attached hydrogen (secondary N) is 2. The first-order chi connectivity index (χ1) is 8.40. The number of benzene rings is 1. The van der Waals surface area contributed by atoms with Crippen LogP contribution in [-0.2, 0) is 0 Å². The van der Waals surface area contributed by atoms with Crippen molar-refractivity contribution in [2.45, 2.75) is 6.92 Å². The minimum absolute atomic E-state index is 0.187. The molecule has 0 radical (unpaired) electrons. The summed E-state index contributed by atoms with van der Waals surface area (Å²) in [6.07, 6.45) is 0. The number of carboxylic acids is 1. The Morgan fingerprint density at radius 2 is 2.11 bits per heavy atom. The minimum Gasteiger partial charge on any atom is -0.478 e. The molecule has 1 aromatic rings. The van der Waals surface area contributed by atoms with Gasteiger partial charge in [-0.05, 0) is 30.7 Å². The summed E-state index contributed by atoms with van der Waals surface area (Å²) in [7, 11) is 0. The molecule has 0 saturated heterocycles. The van der Waals surface area contributed by atoms with Crippen molar-refractivity contribution in [1.82, 2.24) is 5.32 Å². The van der Waals surface area contributed by atoms with Gasteiger partial charge < -0.3 is 15.7 Å². The SMILES string of the molecule is C=C(Br)CNC(=O)Nc1ccc(C(=O)O)cc1C. The summed E-state index contributed by atoms with van der Waals surface area (Å²) in [6.45, 7) is 5.64. The van der Waals surface area contributed by atoms with Crippen molar-refractivity contribution in [3.8, 4) is 0 Å². The Bertz CT molecular complexity index is 500. The zero-order valence-electron chi connectivity index (χ0n) is 9.79. The highest BCUT2D eigenvalue weighted by Crippen LogP contribution is 2.16. The lowest BCUT2D eigenvalue weighted by molar-refractivity contribution is 0.0697. The number of aromatic carboxylic acids is 1. The van der Waals surface area contributed by atoms with Gasteiger partial charge in [0.05, 0.1) is 12.1 Å². The number of urea groups is 1. The third kappa shape index (κ3) is 4.21. The quantitative estimate of drug-likeness (QED) is 0.800. The Morgan fingerprint density at radius 1 is 1.44 bits per heavy atom. The lowest BCUT2D eigenvalue weighted by Crippen LogP contribution is -2.29. The summed E-state index contributed by atoms with van der Waals surface area (Å²) in [5.74, 6) is -0.996. The number of aryl methyl sites for hydroxylation is 1. The minimum atomic E-state index is -0.996. The standard InChI is InChI=1S/C12H13BrN2O3/c1-7-5-9(11(16)17)3-4-10(7)15-12(18)14-6-8(2)13/h3-5H,2,6H2,1H3,(H,16,17)(H2,14,15,18). The van der Waals surface area contributed by atoms with Gasteiger partial charge in [-0.25, -0.2) is 9.59 Å². The second kappa shape index (κ2) is 6.20. The summed E-state index contributed by atoms with van der Waals surface area (Å²) in [5, 5.41) is 14.0. The predicted octanol–water partition coefficient (Wildman–Crippen LogP) is 2.72. The summed E-state index contributed by atoms with van der Waals surface area (Å²) in [5.41, 5.74) is 1.44. The summed E-state index contributed by atoms with van der Waals surface area (Å²) < 4.78 is 0.663. The maximum absolute atomic E-state index is 11.5. The van der Waals surface area contributed by atoms with Crippen molar-refractivity contribution >= 4 is 33.6 Å². The number of rotatable bonds is 4. The van der Waals surface area contributed by atoms with Crippen molar-refractivity contribution in [1.29, 1.82) is 0 Å². The average Bonchev–Trinajstić information content (AvgIpc) is 2.29. The van der Waals surface area contributed by atoms with Crippen LogP contribution in [0.5, 0.6) is 0 Å². The fraction of sp³-hybridized carbons (Fsp3) is 0.167. The molecular weight excluding hydrogens is 300 g/mol. The zero-order chi connectivity index (χ0) is 13.7. The molecule has 0 aliphatic heterocycles. The first kappa shape index (κ1) is 14.2. The van der Waals surface area contributed by atoms with E-state index >= 15 is 0 Å². The molecule has 0 saturated carbocycles. The molecule has 1 aromatic carbocycles. The van der Waals surface area contributed by atoms with Crippen LogP contribution in [-0.4, -0.2) is 23.7 Å². The van der Waals surface area contributed by atoms with E-state index in [4.69, 9.17) is 5.11 Å². The van der Waals surface area contributed by atoms with Gasteiger partial charge in [-0.2, -0.15) is 0 Å². The molecule has 0 heterocycles. The maximum Gasteiger partial charge on any atom is 0.335 e. The van der Waals surface area contributed by atoms with Crippen LogP contribution in [0.15, 0.2) is 29.3 Å². The van der Waals surface area contributed by atoms with Crippen LogP contribution in [0.1, 0.15) is 15.9 Å². The summed E-state index contributed by atoms with van der Waals surface area (Å²) >= 11 is 3.13. The number of halogens is 1. The van der Waals surface area contributed by atoms with E-state index in [1.54, 1.807) is 13.0 Å². The predicted molar refractivity (Wildman–Crippen MR) is 73.2 cm³/mol. The smallest absolute Gasteiger partial charge is 0.335 e. The third-order valence-corrected chi connectivity index (χ3v) is 2.44. The first-order valence-electron chi connectivity index (χ1n) is 5.12. The molecule has 0 aromatic heterocycles. The van der Waals surface area contributed by atoms with E-state index in [0.29, 0.717) is 22.3 Å². The van der Waals surface area contributed by atoms with Gasteiger partial charge in [0, 0.05) is 10.2 Å². The van der Waals surface area contributed by atoms with E-state index < -0.39 is 5.97 Å². The van der Waals surface area contributed by atoms with Gasteiger partial charge in [-0.15, -0.1) is 0 Å². The van der Waals surface area contributed by atoms with Crippen molar-refractivity contribution in [3.63, 3.8) is 0 Å². The number of hydrogen-bond acceptors (Lipinski definition) is 2. The molecule has 0 spiro atoms. The van der Waals surface area contributed by atoms with Crippen LogP contribution < -0.4 is 10.6 Å². The molecule has 1 rings (SSSR count). The Hall–Kier alpha value is -1.82. The van der Waals surface area contributed by atoms with E-state index in [1.165, 1.54) is 12.1 Å². The van der Waals surface area contributed by atoms with Crippen LogP contribution in [0.2, 0.25) is 0 Å². The van der Waals surface area contributed by atoms with E-state index in [2.05, 4.69) is 33.1 Å². The third-order valence-electron chi connectivity index (χ3n) is 2.16. The molecular formula is C12H13BrN2O3. The van der Waals surface area contributed by atoms with Crippen molar-refractivity contribution < 1.29 is 14.7 Å². The number of carbonyl (C=O) groups is 2. The monoisotopic (exact) mass is 312 g/mol.